The molecule has 3 rings (SSSR count). The number of piperidine rings is 1. The number of amides is 1. The molecule has 1 aromatic carbocycles. The number of rotatable bonds is 1. The van der Waals surface area contributed by atoms with Crippen molar-refractivity contribution in [3.05, 3.63) is 42.2 Å². The van der Waals surface area contributed by atoms with Gasteiger partial charge in [0.1, 0.15) is 11.3 Å². The van der Waals surface area contributed by atoms with Crippen molar-refractivity contribution in [1.82, 2.24) is 4.81 Å². The molecule has 0 aromatic heterocycles. The smallest absolute Gasteiger partial charge is 0.255 e. The first-order chi connectivity index (χ1) is 9.13. The van der Waals surface area contributed by atoms with Gasteiger partial charge in [-0.25, -0.2) is 0 Å². The van der Waals surface area contributed by atoms with Crippen molar-refractivity contribution >= 4 is 19.6 Å². The van der Waals surface area contributed by atoms with E-state index in [9.17, 15) is 9.90 Å². The third kappa shape index (κ3) is 1.85. The van der Waals surface area contributed by atoms with E-state index in [0.717, 1.165) is 31.6 Å². The molecule has 2 aliphatic rings. The molecule has 1 N–H and O–H groups in total. The second-order valence-corrected chi connectivity index (χ2v) is 5.37. The third-order valence-electron chi connectivity index (χ3n) is 4.21. The largest absolute Gasteiger partial charge is 0.510 e. The predicted molar refractivity (Wildman–Crippen MR) is 76.7 cm³/mol. The van der Waals surface area contributed by atoms with Gasteiger partial charge in [-0.15, -0.1) is 0 Å². The Morgan fingerprint density at radius 3 is 2.42 bits per heavy atom. The van der Waals surface area contributed by atoms with Crippen LogP contribution in [0.1, 0.15) is 12.8 Å². The lowest BCUT2D eigenvalue weighted by Gasteiger charge is -2.44. The average Bonchev–Trinajstić information content (AvgIpc) is 2.65. The van der Waals surface area contributed by atoms with Gasteiger partial charge < -0.3 is 9.92 Å². The fourth-order valence-corrected chi connectivity index (χ4v) is 3.06. The Kier molecular flexibility index (Phi) is 2.86. The van der Waals surface area contributed by atoms with Crippen molar-refractivity contribution in [1.29, 1.82) is 0 Å². The number of aliphatic hydroxyl groups excluding tert-OH is 1. The number of hydrogen-bond donors (Lipinski definition) is 1. The summed E-state index contributed by atoms with van der Waals surface area (Å²) in [7, 11) is 2.07. The van der Waals surface area contributed by atoms with E-state index in [4.69, 9.17) is 0 Å². The summed E-state index contributed by atoms with van der Waals surface area (Å²) in [5.74, 6) is 0.0997. The summed E-state index contributed by atoms with van der Waals surface area (Å²) >= 11 is 0. The summed E-state index contributed by atoms with van der Waals surface area (Å²) in [5, 5.41) is 10.3. The molecule has 0 bridgehead atoms. The van der Waals surface area contributed by atoms with E-state index in [1.165, 1.54) is 6.08 Å². The van der Waals surface area contributed by atoms with Crippen LogP contribution < -0.4 is 4.90 Å². The number of aliphatic hydroxyl groups is 1. The van der Waals surface area contributed by atoms with E-state index in [2.05, 4.69) is 12.8 Å². The second kappa shape index (κ2) is 4.42. The lowest BCUT2D eigenvalue weighted by Crippen LogP contribution is -2.55. The van der Waals surface area contributed by atoms with Gasteiger partial charge in [0.25, 0.3) is 5.91 Å². The van der Waals surface area contributed by atoms with E-state index >= 15 is 0 Å². The van der Waals surface area contributed by atoms with Crippen LogP contribution in [0.25, 0.3) is 0 Å². The summed E-state index contributed by atoms with van der Waals surface area (Å²) in [4.78, 5) is 16.2. The van der Waals surface area contributed by atoms with E-state index < -0.39 is 5.54 Å². The first-order valence-corrected chi connectivity index (χ1v) is 6.62. The molecule has 1 spiro atoms. The summed E-state index contributed by atoms with van der Waals surface area (Å²) in [6.07, 6.45) is 2.91. The number of benzene rings is 1. The fourth-order valence-electron chi connectivity index (χ4n) is 3.06. The topological polar surface area (TPSA) is 43.8 Å². The molecule has 98 valence electrons. The molecule has 1 amide bonds. The summed E-state index contributed by atoms with van der Waals surface area (Å²) in [6.45, 7) is 1.77. The molecule has 2 heterocycles. The highest BCUT2D eigenvalue weighted by molar-refractivity contribution is 6.07. The standard InChI is InChI=1S/C14H17BN2O2/c15-16-8-6-14(7-9-16)12(18)10-13(19)17(14)11-4-2-1-3-5-11/h1-5,10,18H,6-9,15H2. The summed E-state index contributed by atoms with van der Waals surface area (Å²) < 4.78 is 0. The van der Waals surface area contributed by atoms with Gasteiger partial charge in [-0.2, -0.15) is 0 Å². The molecule has 1 saturated heterocycles. The van der Waals surface area contributed by atoms with Gasteiger partial charge in [-0.05, 0) is 38.1 Å². The molecule has 1 fully saturated rings. The van der Waals surface area contributed by atoms with Gasteiger partial charge in [-0.1, -0.05) is 18.2 Å². The van der Waals surface area contributed by atoms with Crippen molar-refractivity contribution < 1.29 is 9.90 Å². The predicted octanol–water partition coefficient (Wildman–Crippen LogP) is 0.858. The maximum atomic E-state index is 12.2. The number of nitrogens with zero attached hydrogens (tertiary/aromatic N) is 2. The van der Waals surface area contributed by atoms with Crippen LogP contribution in [-0.4, -0.2) is 42.4 Å². The fraction of sp³-hybridized carbons (Fsp3) is 0.357. The van der Waals surface area contributed by atoms with Crippen LogP contribution in [0.15, 0.2) is 42.2 Å². The SMILES string of the molecule is BN1CCC2(CC1)C(O)=CC(=O)N2c1ccccc1. The lowest BCUT2D eigenvalue weighted by atomic mass is 9.84. The van der Waals surface area contributed by atoms with Crippen LogP contribution in [0.5, 0.6) is 0 Å². The molecular formula is C14H17BN2O2. The van der Waals surface area contributed by atoms with Gasteiger partial charge in [0.2, 0.25) is 0 Å². The molecule has 2 aliphatic heterocycles. The molecule has 1 aromatic rings. The van der Waals surface area contributed by atoms with Crippen molar-refractivity contribution in [2.75, 3.05) is 18.0 Å². The zero-order chi connectivity index (χ0) is 13.5. The zero-order valence-corrected chi connectivity index (χ0v) is 11.0. The first-order valence-electron chi connectivity index (χ1n) is 6.62. The lowest BCUT2D eigenvalue weighted by molar-refractivity contribution is -0.114. The number of anilines is 1. The quantitative estimate of drug-likeness (QED) is 0.758. The van der Waals surface area contributed by atoms with Crippen molar-refractivity contribution in [3.8, 4) is 0 Å². The Morgan fingerprint density at radius 1 is 1.16 bits per heavy atom. The van der Waals surface area contributed by atoms with Crippen LogP contribution in [0.2, 0.25) is 0 Å². The first kappa shape index (κ1) is 12.3. The normalized spacial score (nSPS) is 22.8. The number of carbonyl (C=O) groups is 1. The minimum absolute atomic E-state index is 0.117. The average molecular weight is 256 g/mol. The zero-order valence-electron chi connectivity index (χ0n) is 11.0. The van der Waals surface area contributed by atoms with Gasteiger partial charge in [0.15, 0.2) is 7.98 Å². The van der Waals surface area contributed by atoms with E-state index in [-0.39, 0.29) is 11.7 Å². The minimum atomic E-state index is -0.537. The molecule has 0 atom stereocenters. The van der Waals surface area contributed by atoms with Crippen LogP contribution in [0, 0.1) is 0 Å². The molecule has 0 unspecified atom stereocenters. The third-order valence-corrected chi connectivity index (χ3v) is 4.21. The summed E-state index contributed by atoms with van der Waals surface area (Å²) in [5.41, 5.74) is 0.322. The van der Waals surface area contributed by atoms with E-state index in [0.29, 0.717) is 0 Å². The molecule has 4 nitrogen and oxygen atoms in total. The maximum Gasteiger partial charge on any atom is 0.255 e. The highest BCUT2D eigenvalue weighted by atomic mass is 16.3. The Bertz CT molecular complexity index is 522. The molecule has 19 heavy (non-hydrogen) atoms. The van der Waals surface area contributed by atoms with Gasteiger partial charge in [-0.3, -0.25) is 9.69 Å². The summed E-state index contributed by atoms with van der Waals surface area (Å²) in [6, 6.07) is 9.61. The Balaban J connectivity index is 2.00. The van der Waals surface area contributed by atoms with Gasteiger partial charge in [0.05, 0.1) is 0 Å². The van der Waals surface area contributed by atoms with Crippen LogP contribution >= 0.6 is 0 Å². The number of para-hydroxylation sites is 1. The van der Waals surface area contributed by atoms with E-state index in [1.807, 2.05) is 30.3 Å². The Labute approximate surface area is 113 Å². The van der Waals surface area contributed by atoms with Gasteiger partial charge >= 0.3 is 0 Å². The highest BCUT2D eigenvalue weighted by Crippen LogP contribution is 2.41. The monoisotopic (exact) mass is 256 g/mol. The molecular weight excluding hydrogens is 239 g/mol. The van der Waals surface area contributed by atoms with Crippen LogP contribution in [-0.2, 0) is 4.79 Å². The minimum Gasteiger partial charge on any atom is -0.510 e. The van der Waals surface area contributed by atoms with E-state index in [1.54, 1.807) is 4.90 Å². The molecule has 0 aliphatic carbocycles. The Morgan fingerprint density at radius 2 is 1.79 bits per heavy atom. The number of carbonyl (C=O) groups excluding carboxylic acids is 1. The highest BCUT2D eigenvalue weighted by Gasteiger charge is 2.49. The number of hydrogen-bond acceptors (Lipinski definition) is 3. The molecule has 0 saturated carbocycles. The molecule has 5 heteroatoms. The second-order valence-electron chi connectivity index (χ2n) is 5.37. The maximum absolute atomic E-state index is 12.2. The van der Waals surface area contributed by atoms with Crippen molar-refractivity contribution in [2.45, 2.75) is 18.4 Å². The van der Waals surface area contributed by atoms with Crippen LogP contribution in [0.3, 0.4) is 0 Å². The van der Waals surface area contributed by atoms with Crippen molar-refractivity contribution in [2.24, 2.45) is 0 Å². The Hall–Kier alpha value is -1.75. The molecule has 0 radical (unpaired) electrons. The van der Waals surface area contributed by atoms with Crippen molar-refractivity contribution in [3.63, 3.8) is 0 Å². The van der Waals surface area contributed by atoms with Gasteiger partial charge in [0, 0.05) is 11.8 Å². The van der Waals surface area contributed by atoms with Crippen LogP contribution in [0.4, 0.5) is 5.69 Å².